The van der Waals surface area contributed by atoms with Crippen molar-refractivity contribution >= 4 is 27.5 Å². The minimum atomic E-state index is -3.70. The Bertz CT molecular complexity index is 1060. The van der Waals surface area contributed by atoms with Crippen LogP contribution in [0.5, 0.6) is 0 Å². The van der Waals surface area contributed by atoms with Gasteiger partial charge in [0, 0.05) is 24.6 Å². The molecule has 1 heterocycles. The first-order chi connectivity index (χ1) is 14.3. The molecule has 0 spiro atoms. The topological polar surface area (TPSA) is 92.8 Å². The maximum absolute atomic E-state index is 13.3. The molecule has 2 aromatic rings. The number of fused-ring (bicyclic) bond motifs is 2. The summed E-state index contributed by atoms with van der Waals surface area (Å²) < 4.78 is 32.7. The number of piperidine rings is 1. The Morgan fingerprint density at radius 3 is 2.40 bits per heavy atom. The molecule has 7 nitrogen and oxygen atoms in total. The van der Waals surface area contributed by atoms with Gasteiger partial charge in [0.15, 0.2) is 0 Å². The lowest BCUT2D eigenvalue weighted by atomic mass is 9.94. The number of esters is 1. The second-order valence-corrected chi connectivity index (χ2v) is 9.69. The molecule has 0 radical (unpaired) electrons. The Balaban J connectivity index is 1.59. The number of aryl methyl sites for hydroxylation is 1. The van der Waals surface area contributed by atoms with E-state index in [0.717, 1.165) is 11.3 Å². The lowest BCUT2D eigenvalue weighted by Crippen LogP contribution is -2.53. The highest BCUT2D eigenvalue weighted by Crippen LogP contribution is 2.39. The van der Waals surface area contributed by atoms with Gasteiger partial charge in [-0.05, 0) is 49.7 Å². The normalized spacial score (nSPS) is 23.9. The minimum Gasteiger partial charge on any atom is -0.465 e. The minimum absolute atomic E-state index is 0.0882. The van der Waals surface area contributed by atoms with Crippen molar-refractivity contribution in [3.8, 4) is 0 Å². The first-order valence-electron chi connectivity index (χ1n) is 9.87. The van der Waals surface area contributed by atoms with Gasteiger partial charge in [0.1, 0.15) is 5.78 Å². The van der Waals surface area contributed by atoms with Gasteiger partial charge in [-0.25, -0.2) is 13.2 Å². The van der Waals surface area contributed by atoms with Crippen LogP contribution < -0.4 is 5.32 Å². The number of carbonyl (C=O) groups excluding carboxylic acids is 2. The van der Waals surface area contributed by atoms with E-state index in [1.54, 1.807) is 48.5 Å². The highest BCUT2D eigenvalue weighted by atomic mass is 32.2. The van der Waals surface area contributed by atoms with Gasteiger partial charge in [0.05, 0.1) is 29.7 Å². The average Bonchev–Trinajstić information content (AvgIpc) is 2.92. The van der Waals surface area contributed by atoms with Crippen LogP contribution in [0.2, 0.25) is 0 Å². The molecule has 1 aliphatic heterocycles. The highest BCUT2D eigenvalue weighted by molar-refractivity contribution is 7.89. The van der Waals surface area contributed by atoms with Crippen LogP contribution in [0, 0.1) is 12.8 Å². The third-order valence-electron chi connectivity index (χ3n) is 5.97. The molecule has 0 amide bonds. The summed E-state index contributed by atoms with van der Waals surface area (Å²) in [7, 11) is -2.38. The molecule has 0 aromatic heterocycles. The molecule has 1 saturated carbocycles. The maximum Gasteiger partial charge on any atom is 0.337 e. The van der Waals surface area contributed by atoms with E-state index in [1.165, 1.54) is 11.4 Å². The van der Waals surface area contributed by atoms with E-state index in [1.807, 2.05) is 6.92 Å². The fourth-order valence-electron chi connectivity index (χ4n) is 4.36. The molecule has 1 saturated heterocycles. The van der Waals surface area contributed by atoms with E-state index < -0.39 is 22.0 Å². The Labute approximate surface area is 176 Å². The maximum atomic E-state index is 13.3. The van der Waals surface area contributed by atoms with Crippen LogP contribution in [0.4, 0.5) is 5.69 Å². The van der Waals surface area contributed by atoms with Gasteiger partial charge in [0.2, 0.25) is 10.0 Å². The Morgan fingerprint density at radius 1 is 1.10 bits per heavy atom. The van der Waals surface area contributed by atoms with E-state index >= 15 is 0 Å². The van der Waals surface area contributed by atoms with Crippen LogP contribution in [0.1, 0.15) is 28.8 Å². The van der Waals surface area contributed by atoms with Crippen molar-refractivity contribution in [2.45, 2.75) is 36.7 Å². The number of ketones is 1. The van der Waals surface area contributed by atoms with Crippen molar-refractivity contribution in [2.24, 2.45) is 5.92 Å². The number of anilines is 1. The molecule has 2 aromatic carbocycles. The van der Waals surface area contributed by atoms with Crippen LogP contribution in [-0.2, 0) is 19.6 Å². The highest BCUT2D eigenvalue weighted by Gasteiger charge is 2.51. The third kappa shape index (κ3) is 3.61. The summed E-state index contributed by atoms with van der Waals surface area (Å²) in [4.78, 5) is 24.4. The molecule has 3 atom stereocenters. The monoisotopic (exact) mass is 428 g/mol. The third-order valence-corrected chi connectivity index (χ3v) is 7.91. The molecular weight excluding hydrogens is 404 g/mol. The molecule has 158 valence electrons. The van der Waals surface area contributed by atoms with E-state index in [4.69, 9.17) is 4.74 Å². The van der Waals surface area contributed by atoms with Gasteiger partial charge in [-0.1, -0.05) is 17.7 Å². The smallest absolute Gasteiger partial charge is 0.337 e. The Hall–Kier alpha value is -2.71. The average molecular weight is 429 g/mol. The molecule has 1 N–H and O–H groups in total. The van der Waals surface area contributed by atoms with Crippen LogP contribution in [0.25, 0.3) is 0 Å². The van der Waals surface area contributed by atoms with Crippen molar-refractivity contribution in [2.75, 3.05) is 19.0 Å². The van der Waals surface area contributed by atoms with Gasteiger partial charge in [-0.15, -0.1) is 0 Å². The Kier molecular flexibility index (Phi) is 5.38. The zero-order chi connectivity index (χ0) is 21.5. The van der Waals surface area contributed by atoms with E-state index in [-0.39, 0.29) is 29.1 Å². The summed E-state index contributed by atoms with van der Waals surface area (Å²) in [5.74, 6) is -0.560. The summed E-state index contributed by atoms with van der Waals surface area (Å²) in [6.07, 6.45) is 0.687. The second-order valence-electron chi connectivity index (χ2n) is 7.80. The van der Waals surface area contributed by atoms with Gasteiger partial charge < -0.3 is 10.1 Å². The SMILES string of the molecule is COC(=O)c1ccc(NC2C3CCN(S(=O)(=O)c4ccc(C)cc4)C2CC3=O)cc1. The lowest BCUT2D eigenvalue weighted by Gasteiger charge is -2.38. The number of Topliss-reactive ketones (excluding diaryl/α,β-unsaturated/α-hetero) is 1. The number of ether oxygens (including phenoxy) is 1. The van der Waals surface area contributed by atoms with Crippen LogP contribution in [0.15, 0.2) is 53.4 Å². The number of hydrogen-bond donors (Lipinski definition) is 1. The number of carbonyl (C=O) groups is 2. The van der Waals surface area contributed by atoms with Gasteiger partial charge >= 0.3 is 5.97 Å². The van der Waals surface area contributed by atoms with Gasteiger partial charge in [0.25, 0.3) is 0 Å². The number of benzene rings is 2. The van der Waals surface area contributed by atoms with Crippen molar-refractivity contribution in [1.29, 1.82) is 0 Å². The molecule has 2 aliphatic rings. The van der Waals surface area contributed by atoms with Crippen LogP contribution in [-0.4, -0.2) is 50.2 Å². The molecular formula is C22H24N2O5S. The zero-order valence-corrected chi connectivity index (χ0v) is 17.7. The van der Waals surface area contributed by atoms with Crippen LogP contribution >= 0.6 is 0 Å². The molecule has 30 heavy (non-hydrogen) atoms. The fraction of sp³-hybridized carbons (Fsp3) is 0.364. The zero-order valence-electron chi connectivity index (χ0n) is 16.9. The fourth-order valence-corrected chi connectivity index (χ4v) is 6.02. The molecule has 4 rings (SSSR count). The van der Waals surface area contributed by atoms with Crippen molar-refractivity contribution in [3.05, 3.63) is 59.7 Å². The molecule has 2 bridgehead atoms. The van der Waals surface area contributed by atoms with E-state index in [2.05, 4.69) is 5.32 Å². The van der Waals surface area contributed by atoms with E-state index in [0.29, 0.717) is 18.5 Å². The van der Waals surface area contributed by atoms with Crippen molar-refractivity contribution in [1.82, 2.24) is 4.31 Å². The van der Waals surface area contributed by atoms with Gasteiger partial charge in [-0.2, -0.15) is 4.31 Å². The number of nitrogens with zero attached hydrogens (tertiary/aromatic N) is 1. The standard InChI is InChI=1S/C22H24N2O5S/c1-14-3-9-17(10-4-14)30(27,28)24-12-11-18-20(25)13-19(24)21(18)23-16-7-5-15(6-8-16)22(26)29-2/h3-10,18-19,21,23H,11-13H2,1-2H3. The van der Waals surface area contributed by atoms with Gasteiger partial charge in [-0.3, -0.25) is 4.79 Å². The number of sulfonamides is 1. The summed E-state index contributed by atoms with van der Waals surface area (Å²) in [5, 5.41) is 3.34. The first kappa shape index (κ1) is 20.6. The number of rotatable bonds is 5. The van der Waals surface area contributed by atoms with Crippen LogP contribution in [0.3, 0.4) is 0 Å². The second kappa shape index (κ2) is 7.85. The van der Waals surface area contributed by atoms with Crippen molar-refractivity contribution in [3.63, 3.8) is 0 Å². The predicted molar refractivity (Wildman–Crippen MR) is 112 cm³/mol. The number of nitrogens with one attached hydrogen (secondary N) is 1. The molecule has 8 heteroatoms. The van der Waals surface area contributed by atoms with Crippen molar-refractivity contribution < 1.29 is 22.7 Å². The summed E-state index contributed by atoms with van der Waals surface area (Å²) in [6.45, 7) is 2.24. The first-order valence-corrected chi connectivity index (χ1v) is 11.3. The molecule has 2 fully saturated rings. The summed E-state index contributed by atoms with van der Waals surface area (Å²) >= 11 is 0. The summed E-state index contributed by atoms with van der Waals surface area (Å²) in [5.41, 5.74) is 2.14. The number of hydrogen-bond acceptors (Lipinski definition) is 6. The molecule has 3 unspecified atom stereocenters. The number of methoxy groups -OCH3 is 1. The largest absolute Gasteiger partial charge is 0.465 e. The summed E-state index contributed by atoms with van der Waals surface area (Å²) in [6, 6.07) is 12.8. The molecule has 1 aliphatic carbocycles. The lowest BCUT2D eigenvalue weighted by molar-refractivity contribution is -0.120. The van der Waals surface area contributed by atoms with E-state index in [9.17, 15) is 18.0 Å². The predicted octanol–water partition coefficient (Wildman–Crippen LogP) is 2.61. The Morgan fingerprint density at radius 2 is 1.77 bits per heavy atom. The quantitative estimate of drug-likeness (QED) is 0.736.